The second kappa shape index (κ2) is 6.75. The first-order valence-electron chi connectivity index (χ1n) is 7.64. The molecule has 0 spiro atoms. The number of para-hydroxylation sites is 1. The zero-order valence-corrected chi connectivity index (χ0v) is 13.4. The van der Waals surface area contributed by atoms with E-state index in [0.717, 1.165) is 17.7 Å². The van der Waals surface area contributed by atoms with Crippen molar-refractivity contribution >= 4 is 5.91 Å². The third kappa shape index (κ3) is 3.54. The van der Waals surface area contributed by atoms with Crippen LogP contribution in [0.3, 0.4) is 0 Å². The summed E-state index contributed by atoms with van der Waals surface area (Å²) in [5, 5.41) is 7.28. The molecule has 0 aliphatic carbocycles. The molecule has 2 rings (SSSR count). The number of carbonyl (C=O) groups is 1. The van der Waals surface area contributed by atoms with Gasteiger partial charge in [-0.25, -0.2) is 4.68 Å². The van der Waals surface area contributed by atoms with Crippen LogP contribution in [-0.4, -0.2) is 21.2 Å². The number of amides is 1. The number of hydrogen-bond donors (Lipinski definition) is 2. The first-order chi connectivity index (χ1) is 10.5. The summed E-state index contributed by atoms with van der Waals surface area (Å²) in [5.41, 5.74) is 7.22. The lowest BCUT2D eigenvalue weighted by atomic mass is 9.95. The number of carbonyl (C=O) groups excluding carboxylic acids is 1. The van der Waals surface area contributed by atoms with Crippen LogP contribution in [0.2, 0.25) is 0 Å². The number of benzene rings is 1. The number of nitrogens with zero attached hydrogens (tertiary/aromatic N) is 2. The van der Waals surface area contributed by atoms with Crippen LogP contribution in [-0.2, 0) is 4.79 Å². The highest BCUT2D eigenvalue weighted by Crippen LogP contribution is 2.22. The molecule has 0 saturated heterocycles. The lowest BCUT2D eigenvalue weighted by molar-refractivity contribution is -0.126. The van der Waals surface area contributed by atoms with Crippen LogP contribution in [0.4, 0.5) is 0 Å². The van der Waals surface area contributed by atoms with E-state index in [4.69, 9.17) is 5.73 Å². The van der Waals surface area contributed by atoms with Crippen molar-refractivity contribution in [3.05, 3.63) is 48.3 Å². The summed E-state index contributed by atoms with van der Waals surface area (Å²) in [6.07, 6.45) is 5.15. The van der Waals surface area contributed by atoms with E-state index in [1.807, 2.05) is 50.4 Å². The van der Waals surface area contributed by atoms with E-state index in [0.29, 0.717) is 6.42 Å². The Balaban J connectivity index is 2.20. The third-order valence-corrected chi connectivity index (χ3v) is 3.79. The highest BCUT2D eigenvalue weighted by atomic mass is 16.2. The molecular formula is C17H24N4O. The fourth-order valence-electron chi connectivity index (χ4n) is 2.55. The van der Waals surface area contributed by atoms with Crippen LogP contribution in [0.25, 0.3) is 5.69 Å². The normalized spacial score (nSPS) is 15.1. The summed E-state index contributed by atoms with van der Waals surface area (Å²) in [6, 6.07) is 9.62. The second-order valence-corrected chi connectivity index (χ2v) is 5.87. The molecule has 0 bridgehead atoms. The predicted octanol–water partition coefficient (Wildman–Crippen LogP) is 2.57. The summed E-state index contributed by atoms with van der Waals surface area (Å²) in [5.74, 6) is -0.128. The van der Waals surface area contributed by atoms with E-state index in [1.165, 1.54) is 0 Å². The minimum absolute atomic E-state index is 0.128. The van der Waals surface area contributed by atoms with Crippen molar-refractivity contribution in [2.75, 3.05) is 0 Å². The van der Waals surface area contributed by atoms with Gasteiger partial charge in [0, 0.05) is 12.4 Å². The van der Waals surface area contributed by atoms with Gasteiger partial charge in [0.05, 0.1) is 17.3 Å². The van der Waals surface area contributed by atoms with Crippen molar-refractivity contribution in [2.45, 2.75) is 45.2 Å². The molecule has 1 aromatic carbocycles. The lowest BCUT2D eigenvalue weighted by Crippen LogP contribution is -2.52. The number of aromatic nitrogens is 2. The first-order valence-corrected chi connectivity index (χ1v) is 7.64. The Morgan fingerprint density at radius 2 is 2.14 bits per heavy atom. The Bertz CT molecular complexity index is 619. The minimum atomic E-state index is -0.844. The first kappa shape index (κ1) is 16.2. The fourth-order valence-corrected chi connectivity index (χ4v) is 2.55. The monoisotopic (exact) mass is 300 g/mol. The van der Waals surface area contributed by atoms with Gasteiger partial charge in [-0.15, -0.1) is 0 Å². The van der Waals surface area contributed by atoms with Gasteiger partial charge in [0.25, 0.3) is 0 Å². The van der Waals surface area contributed by atoms with E-state index < -0.39 is 5.54 Å². The molecule has 0 aliphatic heterocycles. The summed E-state index contributed by atoms with van der Waals surface area (Å²) in [4.78, 5) is 12.4. The zero-order chi connectivity index (χ0) is 16.2. The molecule has 22 heavy (non-hydrogen) atoms. The summed E-state index contributed by atoms with van der Waals surface area (Å²) < 4.78 is 1.80. The molecule has 1 heterocycles. The van der Waals surface area contributed by atoms with E-state index in [9.17, 15) is 4.79 Å². The third-order valence-electron chi connectivity index (χ3n) is 3.79. The lowest BCUT2D eigenvalue weighted by Gasteiger charge is -2.26. The van der Waals surface area contributed by atoms with Crippen LogP contribution in [0.1, 0.15) is 45.2 Å². The average Bonchev–Trinajstić information content (AvgIpc) is 3.01. The molecule has 2 aromatic rings. The molecule has 5 nitrogen and oxygen atoms in total. The Kier molecular flexibility index (Phi) is 4.98. The average molecular weight is 300 g/mol. The SMILES string of the molecule is CCCC(C)(N)C(=O)NC(C)c1ccccc1-n1cccn1. The maximum atomic E-state index is 12.4. The van der Waals surface area contributed by atoms with Crippen LogP contribution in [0.15, 0.2) is 42.7 Å². The Hall–Kier alpha value is -2.14. The molecule has 0 saturated carbocycles. The van der Waals surface area contributed by atoms with Gasteiger partial charge in [0.1, 0.15) is 0 Å². The highest BCUT2D eigenvalue weighted by molar-refractivity contribution is 5.86. The van der Waals surface area contributed by atoms with E-state index in [2.05, 4.69) is 10.4 Å². The number of nitrogens with two attached hydrogens (primary N) is 1. The van der Waals surface area contributed by atoms with E-state index in [-0.39, 0.29) is 11.9 Å². The minimum Gasteiger partial charge on any atom is -0.348 e. The van der Waals surface area contributed by atoms with Crippen molar-refractivity contribution in [1.29, 1.82) is 0 Å². The Labute approximate surface area is 131 Å². The van der Waals surface area contributed by atoms with Gasteiger partial charge in [-0.1, -0.05) is 31.5 Å². The Morgan fingerprint density at radius 1 is 1.41 bits per heavy atom. The molecule has 5 heteroatoms. The number of hydrogen-bond acceptors (Lipinski definition) is 3. The smallest absolute Gasteiger partial charge is 0.240 e. The molecule has 3 N–H and O–H groups in total. The van der Waals surface area contributed by atoms with E-state index >= 15 is 0 Å². The van der Waals surface area contributed by atoms with Gasteiger partial charge in [-0.2, -0.15) is 5.10 Å². The van der Waals surface area contributed by atoms with Gasteiger partial charge in [-0.3, -0.25) is 4.79 Å². The van der Waals surface area contributed by atoms with Gasteiger partial charge >= 0.3 is 0 Å². The number of nitrogens with one attached hydrogen (secondary N) is 1. The Morgan fingerprint density at radius 3 is 2.77 bits per heavy atom. The maximum Gasteiger partial charge on any atom is 0.240 e. The van der Waals surface area contributed by atoms with Crippen molar-refractivity contribution in [2.24, 2.45) is 5.73 Å². The molecular weight excluding hydrogens is 276 g/mol. The van der Waals surface area contributed by atoms with Crippen LogP contribution >= 0.6 is 0 Å². The molecule has 0 aliphatic rings. The van der Waals surface area contributed by atoms with Gasteiger partial charge in [-0.05, 0) is 38.0 Å². The van der Waals surface area contributed by atoms with Crippen molar-refractivity contribution in [1.82, 2.24) is 15.1 Å². The van der Waals surface area contributed by atoms with Crippen LogP contribution in [0.5, 0.6) is 0 Å². The van der Waals surface area contributed by atoms with Crippen LogP contribution in [0, 0.1) is 0 Å². The summed E-state index contributed by atoms with van der Waals surface area (Å²) >= 11 is 0. The zero-order valence-electron chi connectivity index (χ0n) is 13.4. The summed E-state index contributed by atoms with van der Waals surface area (Å²) in [6.45, 7) is 5.76. The quantitative estimate of drug-likeness (QED) is 0.861. The predicted molar refractivity (Wildman–Crippen MR) is 87.6 cm³/mol. The van der Waals surface area contributed by atoms with Gasteiger partial charge in [0.15, 0.2) is 0 Å². The topological polar surface area (TPSA) is 72.9 Å². The molecule has 0 radical (unpaired) electrons. The van der Waals surface area contributed by atoms with Crippen molar-refractivity contribution < 1.29 is 4.79 Å². The molecule has 118 valence electrons. The van der Waals surface area contributed by atoms with Crippen molar-refractivity contribution in [3.8, 4) is 5.69 Å². The fraction of sp³-hybridized carbons (Fsp3) is 0.412. The molecule has 1 aromatic heterocycles. The standard InChI is InChI=1S/C17H24N4O/c1-4-10-17(3,18)16(22)20-13(2)14-8-5-6-9-15(14)21-12-7-11-19-21/h5-9,11-13H,4,10,18H2,1-3H3,(H,20,22). The number of rotatable bonds is 6. The molecule has 0 fully saturated rings. The van der Waals surface area contributed by atoms with Crippen molar-refractivity contribution in [3.63, 3.8) is 0 Å². The van der Waals surface area contributed by atoms with Gasteiger partial charge < -0.3 is 11.1 Å². The molecule has 2 atom stereocenters. The second-order valence-electron chi connectivity index (χ2n) is 5.87. The van der Waals surface area contributed by atoms with Crippen LogP contribution < -0.4 is 11.1 Å². The maximum absolute atomic E-state index is 12.4. The van der Waals surface area contributed by atoms with Gasteiger partial charge in [0.2, 0.25) is 5.91 Å². The van der Waals surface area contributed by atoms with E-state index in [1.54, 1.807) is 17.8 Å². The summed E-state index contributed by atoms with van der Waals surface area (Å²) in [7, 11) is 0. The molecule has 2 unspecified atom stereocenters. The largest absolute Gasteiger partial charge is 0.348 e. The highest BCUT2D eigenvalue weighted by Gasteiger charge is 2.28. The molecule has 1 amide bonds.